The molecule has 0 aliphatic rings. The molecule has 1 rings (SSSR count). The molecule has 0 aliphatic carbocycles. The van der Waals surface area contributed by atoms with Crippen LogP contribution in [-0.2, 0) is 6.54 Å². The Morgan fingerprint density at radius 2 is 2.29 bits per heavy atom. The number of hydrogen-bond acceptors (Lipinski definition) is 3. The van der Waals surface area contributed by atoms with E-state index >= 15 is 0 Å². The summed E-state index contributed by atoms with van der Waals surface area (Å²) in [7, 11) is 1.44. The van der Waals surface area contributed by atoms with E-state index < -0.39 is 0 Å². The summed E-state index contributed by atoms with van der Waals surface area (Å²) in [5.74, 6) is -0.113. The first-order chi connectivity index (χ1) is 8.21. The highest BCUT2D eigenvalue weighted by Crippen LogP contribution is 2.17. The number of nitriles is 1. The lowest BCUT2D eigenvalue weighted by Gasteiger charge is -2.13. The molecular weight excluding hydrogens is 219 g/mol. The van der Waals surface area contributed by atoms with Crippen molar-refractivity contribution < 1.29 is 9.13 Å². The second kappa shape index (κ2) is 6.87. The van der Waals surface area contributed by atoms with Gasteiger partial charge in [-0.3, -0.25) is 0 Å². The van der Waals surface area contributed by atoms with Gasteiger partial charge in [0.25, 0.3) is 0 Å². The van der Waals surface area contributed by atoms with Gasteiger partial charge >= 0.3 is 0 Å². The molecule has 3 nitrogen and oxygen atoms in total. The summed E-state index contributed by atoms with van der Waals surface area (Å²) >= 11 is 0. The van der Waals surface area contributed by atoms with Crippen LogP contribution >= 0.6 is 0 Å². The average Bonchev–Trinajstić information content (AvgIpc) is 2.34. The van der Waals surface area contributed by atoms with E-state index in [4.69, 9.17) is 10.00 Å². The van der Waals surface area contributed by atoms with E-state index in [0.29, 0.717) is 13.0 Å². The van der Waals surface area contributed by atoms with Gasteiger partial charge in [-0.1, -0.05) is 13.0 Å². The molecule has 0 saturated carbocycles. The van der Waals surface area contributed by atoms with Crippen LogP contribution in [0.4, 0.5) is 4.39 Å². The molecule has 92 valence electrons. The summed E-state index contributed by atoms with van der Waals surface area (Å²) in [4.78, 5) is 0. The fourth-order valence-corrected chi connectivity index (χ4v) is 1.55. The van der Waals surface area contributed by atoms with Crippen molar-refractivity contribution in [1.29, 1.82) is 5.26 Å². The Bertz CT molecular complexity index is 401. The van der Waals surface area contributed by atoms with Gasteiger partial charge in [0, 0.05) is 12.6 Å². The zero-order valence-corrected chi connectivity index (χ0v) is 10.2. The maximum atomic E-state index is 13.4. The lowest BCUT2D eigenvalue weighted by atomic mass is 10.1. The van der Waals surface area contributed by atoms with Gasteiger partial charge < -0.3 is 10.1 Å². The molecule has 0 heterocycles. The Labute approximate surface area is 101 Å². The summed E-state index contributed by atoms with van der Waals surface area (Å²) in [6, 6.07) is 7.16. The van der Waals surface area contributed by atoms with Gasteiger partial charge in [0.2, 0.25) is 0 Å². The van der Waals surface area contributed by atoms with Crippen molar-refractivity contribution in [3.8, 4) is 11.8 Å². The SMILES string of the molecule is CCC(CC#N)NCc1ccc(OC)c(F)c1. The van der Waals surface area contributed by atoms with Crippen LogP contribution in [0.2, 0.25) is 0 Å². The number of hydrogen-bond donors (Lipinski definition) is 1. The number of benzene rings is 1. The van der Waals surface area contributed by atoms with E-state index in [2.05, 4.69) is 11.4 Å². The third-order valence-corrected chi connectivity index (χ3v) is 2.64. The second-order valence-corrected chi connectivity index (χ2v) is 3.82. The van der Waals surface area contributed by atoms with Crippen molar-refractivity contribution in [3.63, 3.8) is 0 Å². The van der Waals surface area contributed by atoms with Crippen molar-refractivity contribution in [2.45, 2.75) is 32.4 Å². The molecule has 4 heteroatoms. The Morgan fingerprint density at radius 1 is 1.53 bits per heavy atom. The number of ether oxygens (including phenoxy) is 1. The summed E-state index contributed by atoms with van der Waals surface area (Å²) in [6.07, 6.45) is 1.35. The highest BCUT2D eigenvalue weighted by molar-refractivity contribution is 5.29. The molecule has 1 atom stereocenters. The molecule has 17 heavy (non-hydrogen) atoms. The molecular formula is C13H17FN2O. The highest BCUT2D eigenvalue weighted by atomic mass is 19.1. The van der Waals surface area contributed by atoms with E-state index in [9.17, 15) is 4.39 Å². The molecule has 0 spiro atoms. The summed E-state index contributed by atoms with van der Waals surface area (Å²) < 4.78 is 18.2. The average molecular weight is 236 g/mol. The number of nitrogens with one attached hydrogen (secondary N) is 1. The Kier molecular flexibility index (Phi) is 5.44. The number of methoxy groups -OCH3 is 1. The topological polar surface area (TPSA) is 45.0 Å². The van der Waals surface area contributed by atoms with Crippen LogP contribution in [0.1, 0.15) is 25.3 Å². The van der Waals surface area contributed by atoms with Crippen molar-refractivity contribution >= 4 is 0 Å². The zero-order chi connectivity index (χ0) is 12.7. The fraction of sp³-hybridized carbons (Fsp3) is 0.462. The molecule has 0 bridgehead atoms. The van der Waals surface area contributed by atoms with E-state index in [1.165, 1.54) is 13.2 Å². The molecule has 0 aliphatic heterocycles. The van der Waals surface area contributed by atoms with Crippen LogP contribution < -0.4 is 10.1 Å². The first-order valence-electron chi connectivity index (χ1n) is 5.64. The molecule has 0 radical (unpaired) electrons. The molecule has 1 aromatic carbocycles. The van der Waals surface area contributed by atoms with E-state index in [0.717, 1.165) is 12.0 Å². The van der Waals surface area contributed by atoms with Crippen molar-refractivity contribution in [3.05, 3.63) is 29.6 Å². The van der Waals surface area contributed by atoms with Gasteiger partial charge in [-0.15, -0.1) is 0 Å². The molecule has 1 unspecified atom stereocenters. The lowest BCUT2D eigenvalue weighted by Crippen LogP contribution is -2.27. The standard InChI is InChI=1S/C13H17FN2O/c1-3-11(6-7-15)16-9-10-4-5-13(17-2)12(14)8-10/h4-5,8,11,16H,3,6,9H2,1-2H3. The van der Waals surface area contributed by atoms with Gasteiger partial charge in [0.1, 0.15) is 0 Å². The summed E-state index contributed by atoms with van der Waals surface area (Å²) in [6.45, 7) is 2.57. The highest BCUT2D eigenvalue weighted by Gasteiger charge is 2.07. The van der Waals surface area contributed by atoms with Gasteiger partial charge in [-0.25, -0.2) is 4.39 Å². The van der Waals surface area contributed by atoms with Crippen LogP contribution in [0.3, 0.4) is 0 Å². The number of rotatable bonds is 6. The third kappa shape index (κ3) is 4.04. The quantitative estimate of drug-likeness (QED) is 0.825. The Hall–Kier alpha value is -1.60. The predicted molar refractivity (Wildman–Crippen MR) is 64.1 cm³/mol. The maximum absolute atomic E-state index is 13.4. The zero-order valence-electron chi connectivity index (χ0n) is 10.2. The van der Waals surface area contributed by atoms with E-state index in [1.807, 2.05) is 13.0 Å². The van der Waals surface area contributed by atoms with Crippen LogP contribution in [0, 0.1) is 17.1 Å². The fourth-order valence-electron chi connectivity index (χ4n) is 1.55. The maximum Gasteiger partial charge on any atom is 0.165 e. The normalized spacial score (nSPS) is 11.9. The molecule has 0 amide bonds. The minimum Gasteiger partial charge on any atom is -0.494 e. The van der Waals surface area contributed by atoms with Gasteiger partial charge in [0.05, 0.1) is 19.6 Å². The third-order valence-electron chi connectivity index (χ3n) is 2.64. The van der Waals surface area contributed by atoms with Crippen LogP contribution in [-0.4, -0.2) is 13.2 Å². The van der Waals surface area contributed by atoms with Crippen LogP contribution in [0.15, 0.2) is 18.2 Å². The monoisotopic (exact) mass is 236 g/mol. The Morgan fingerprint density at radius 3 is 2.82 bits per heavy atom. The summed E-state index contributed by atoms with van der Waals surface area (Å²) in [5.41, 5.74) is 0.847. The first-order valence-corrected chi connectivity index (χ1v) is 5.64. The van der Waals surface area contributed by atoms with E-state index in [-0.39, 0.29) is 17.6 Å². The Balaban J connectivity index is 2.57. The van der Waals surface area contributed by atoms with Crippen molar-refractivity contribution in [2.75, 3.05) is 7.11 Å². The van der Waals surface area contributed by atoms with Crippen LogP contribution in [0.5, 0.6) is 5.75 Å². The minimum absolute atomic E-state index is 0.158. The summed E-state index contributed by atoms with van der Waals surface area (Å²) in [5, 5.41) is 11.8. The van der Waals surface area contributed by atoms with Gasteiger partial charge in [-0.05, 0) is 24.1 Å². The number of nitrogens with zero attached hydrogens (tertiary/aromatic N) is 1. The number of halogens is 1. The lowest BCUT2D eigenvalue weighted by molar-refractivity contribution is 0.386. The van der Waals surface area contributed by atoms with Gasteiger partial charge in [-0.2, -0.15) is 5.26 Å². The first kappa shape index (κ1) is 13.5. The molecule has 0 saturated heterocycles. The van der Waals surface area contributed by atoms with Gasteiger partial charge in [0.15, 0.2) is 11.6 Å². The second-order valence-electron chi connectivity index (χ2n) is 3.82. The molecule has 0 fully saturated rings. The molecule has 0 aromatic heterocycles. The predicted octanol–water partition coefficient (Wildman–Crippen LogP) is 2.62. The van der Waals surface area contributed by atoms with E-state index in [1.54, 1.807) is 6.07 Å². The smallest absolute Gasteiger partial charge is 0.165 e. The molecule has 1 aromatic rings. The molecule has 1 N–H and O–H groups in total. The van der Waals surface area contributed by atoms with Crippen molar-refractivity contribution in [2.24, 2.45) is 0 Å². The largest absolute Gasteiger partial charge is 0.494 e. The minimum atomic E-state index is -0.361. The van der Waals surface area contributed by atoms with Crippen LogP contribution in [0.25, 0.3) is 0 Å². The van der Waals surface area contributed by atoms with Crippen molar-refractivity contribution in [1.82, 2.24) is 5.32 Å².